The summed E-state index contributed by atoms with van der Waals surface area (Å²) in [6.45, 7) is 14.5. The Morgan fingerprint density at radius 2 is 1.78 bits per heavy atom. The molecule has 1 aliphatic carbocycles. The predicted octanol–water partition coefficient (Wildman–Crippen LogP) is 2.42. The van der Waals surface area contributed by atoms with Gasteiger partial charge in [0.15, 0.2) is 0 Å². The molecule has 0 aromatic heterocycles. The summed E-state index contributed by atoms with van der Waals surface area (Å²) in [5.41, 5.74) is 2.11. The number of allylic oxidation sites excluding steroid dienone is 2. The number of carbonyl (C=O) groups excluding carboxylic acids is 1. The van der Waals surface area contributed by atoms with Crippen LogP contribution in [0.1, 0.15) is 32.1 Å². The molecule has 1 unspecified atom stereocenters. The summed E-state index contributed by atoms with van der Waals surface area (Å²) in [6.07, 6.45) is 11.3. The molecular formula is C19H21FeNO6. The fourth-order valence-corrected chi connectivity index (χ4v) is 3.63. The third-order valence-electron chi connectivity index (χ3n) is 4.70. The number of rotatable bonds is 2. The average Bonchev–Trinajstić information content (AvgIpc) is 3.24. The predicted molar refractivity (Wildman–Crippen MR) is 87.6 cm³/mol. The number of ether oxygens (including phenoxy) is 2. The Labute approximate surface area is 170 Å². The molecule has 0 aromatic rings. The first-order valence-electron chi connectivity index (χ1n) is 7.83. The van der Waals surface area contributed by atoms with Crippen LogP contribution >= 0.6 is 0 Å². The van der Waals surface area contributed by atoms with Gasteiger partial charge in [-0.15, -0.1) is 0 Å². The molecule has 0 N–H and O–H groups in total. The van der Waals surface area contributed by atoms with Crippen LogP contribution < -0.4 is 0 Å². The Balaban J connectivity index is 0. The van der Waals surface area contributed by atoms with Gasteiger partial charge in [-0.05, 0) is 44.3 Å². The van der Waals surface area contributed by atoms with Crippen LogP contribution in [0.15, 0.2) is 35.3 Å². The number of fused-ring (bicyclic) bond motifs is 2. The zero-order valence-electron chi connectivity index (χ0n) is 15.2. The molecule has 2 heterocycles. The zero-order valence-corrected chi connectivity index (χ0v) is 16.3. The van der Waals surface area contributed by atoms with Gasteiger partial charge in [0.25, 0.3) is 0 Å². The number of carbonyl (C=O) groups is 1. The molecule has 3 aliphatic rings. The van der Waals surface area contributed by atoms with E-state index in [1.165, 1.54) is 12.8 Å². The van der Waals surface area contributed by atoms with Gasteiger partial charge in [0.1, 0.15) is 5.76 Å². The third-order valence-corrected chi connectivity index (χ3v) is 4.70. The topological polar surface area (TPSA) is 98.5 Å². The maximum Gasteiger partial charge on any atom is 0 e. The summed E-state index contributed by atoms with van der Waals surface area (Å²) in [6, 6.07) is 0. The molecule has 27 heavy (non-hydrogen) atoms. The van der Waals surface area contributed by atoms with Gasteiger partial charge < -0.3 is 14.4 Å². The molecule has 1 atom stereocenters. The Hall–Kier alpha value is -1.97. The van der Waals surface area contributed by atoms with Crippen LogP contribution in [0.5, 0.6) is 0 Å². The zero-order chi connectivity index (χ0) is 20.2. The SMILES string of the molecule is COC(=O)C1=C2CCCN2C2(C=CC(OC)=CC2)CC1.[C-]#[O+].[C-]#[O+].[C-]#[O+].[Fe]. The Bertz CT molecular complexity index is 632. The van der Waals surface area contributed by atoms with Crippen LogP contribution in [0.4, 0.5) is 0 Å². The summed E-state index contributed by atoms with van der Waals surface area (Å²) in [7, 11) is 3.17. The number of esters is 1. The molecule has 0 radical (unpaired) electrons. The molecule has 1 spiro atoms. The van der Waals surface area contributed by atoms with E-state index in [1.807, 2.05) is 0 Å². The van der Waals surface area contributed by atoms with E-state index >= 15 is 0 Å². The maximum atomic E-state index is 11.9. The van der Waals surface area contributed by atoms with E-state index in [-0.39, 0.29) is 28.6 Å². The van der Waals surface area contributed by atoms with Crippen molar-refractivity contribution in [2.75, 3.05) is 20.8 Å². The van der Waals surface area contributed by atoms with Crippen molar-refractivity contribution in [1.29, 1.82) is 0 Å². The number of hydrogen-bond donors (Lipinski definition) is 0. The van der Waals surface area contributed by atoms with Gasteiger partial charge in [0.2, 0.25) is 0 Å². The van der Waals surface area contributed by atoms with Gasteiger partial charge in [-0.2, -0.15) is 0 Å². The van der Waals surface area contributed by atoms with E-state index in [0.717, 1.165) is 50.0 Å². The molecular weight excluding hydrogens is 394 g/mol. The molecule has 0 saturated carbocycles. The van der Waals surface area contributed by atoms with Crippen LogP contribution in [0.2, 0.25) is 0 Å². The standard InChI is InChI=1S/C16H21NO3.3CO.Fe/c1-19-12-5-8-16(9-6-12)10-7-13(15(18)20-2)14-4-3-11-17(14)16;3*1-2;/h5-6,8H,3-4,7,9-11H2,1-2H3;;;;. The smallest absolute Gasteiger partial charge is 0 e. The first-order chi connectivity index (χ1) is 12.7. The largest absolute Gasteiger partial charge is 0 e. The van der Waals surface area contributed by atoms with Gasteiger partial charge in [-0.25, -0.2) is 4.79 Å². The minimum atomic E-state index is -0.158. The first kappa shape index (κ1) is 27.3. The molecule has 1 fully saturated rings. The number of hydrogen-bond acceptors (Lipinski definition) is 4. The van der Waals surface area contributed by atoms with Crippen LogP contribution in [0.25, 0.3) is 0 Å². The molecule has 0 aromatic carbocycles. The van der Waals surface area contributed by atoms with E-state index in [1.54, 1.807) is 7.11 Å². The Morgan fingerprint density at radius 1 is 1.15 bits per heavy atom. The Kier molecular flexibility index (Phi) is 14.3. The fourth-order valence-electron chi connectivity index (χ4n) is 3.63. The van der Waals surface area contributed by atoms with Crippen molar-refractivity contribution in [3.05, 3.63) is 55.2 Å². The maximum absolute atomic E-state index is 11.9. The van der Waals surface area contributed by atoms with Crippen molar-refractivity contribution in [3.63, 3.8) is 0 Å². The van der Waals surface area contributed by atoms with Crippen LogP contribution in [-0.4, -0.2) is 37.2 Å². The molecule has 1 saturated heterocycles. The molecule has 146 valence electrons. The van der Waals surface area contributed by atoms with Gasteiger partial charge in [-0.1, -0.05) is 6.08 Å². The average molecular weight is 415 g/mol. The molecule has 8 heteroatoms. The van der Waals surface area contributed by atoms with E-state index in [2.05, 4.69) is 43.1 Å². The van der Waals surface area contributed by atoms with Gasteiger partial charge in [-0.3, -0.25) is 0 Å². The fraction of sp³-hybridized carbons (Fsp3) is 0.474. The van der Waals surface area contributed by atoms with Crippen molar-refractivity contribution in [2.24, 2.45) is 0 Å². The second-order valence-electron chi connectivity index (χ2n) is 5.62. The second kappa shape index (κ2) is 14.1. The number of methoxy groups -OCH3 is 2. The Morgan fingerprint density at radius 3 is 2.26 bits per heavy atom. The molecule has 7 nitrogen and oxygen atoms in total. The van der Waals surface area contributed by atoms with Crippen LogP contribution in [-0.2, 0) is 45.3 Å². The quantitative estimate of drug-likeness (QED) is 0.299. The normalized spacial score (nSPS) is 21.3. The van der Waals surface area contributed by atoms with Crippen molar-refractivity contribution >= 4 is 5.97 Å². The van der Waals surface area contributed by atoms with Crippen molar-refractivity contribution < 1.29 is 45.3 Å². The van der Waals surface area contributed by atoms with Crippen LogP contribution in [0.3, 0.4) is 0 Å². The second-order valence-corrected chi connectivity index (χ2v) is 5.62. The van der Waals surface area contributed by atoms with Crippen molar-refractivity contribution in [2.45, 2.75) is 37.6 Å². The summed E-state index contributed by atoms with van der Waals surface area (Å²) in [4.78, 5) is 14.3. The van der Waals surface area contributed by atoms with Crippen molar-refractivity contribution in [3.8, 4) is 0 Å². The van der Waals surface area contributed by atoms with Gasteiger partial charge >= 0.3 is 39.9 Å². The van der Waals surface area contributed by atoms with E-state index < -0.39 is 0 Å². The first-order valence-corrected chi connectivity index (χ1v) is 7.83. The summed E-state index contributed by atoms with van der Waals surface area (Å²) < 4.78 is 32.7. The van der Waals surface area contributed by atoms with Crippen LogP contribution in [0, 0.1) is 20.0 Å². The molecule has 0 bridgehead atoms. The summed E-state index contributed by atoms with van der Waals surface area (Å²) in [5.74, 6) is 0.772. The van der Waals surface area contributed by atoms with E-state index in [0.29, 0.717) is 0 Å². The van der Waals surface area contributed by atoms with E-state index in [9.17, 15) is 4.79 Å². The molecule has 0 amide bonds. The van der Waals surface area contributed by atoms with E-state index in [4.69, 9.17) is 23.4 Å². The molecule has 3 rings (SSSR count). The number of nitrogens with zero attached hydrogens (tertiary/aromatic N) is 1. The summed E-state index contributed by atoms with van der Waals surface area (Å²) >= 11 is 0. The monoisotopic (exact) mass is 415 g/mol. The van der Waals surface area contributed by atoms with Crippen molar-refractivity contribution in [1.82, 2.24) is 4.90 Å². The minimum Gasteiger partial charge on any atom is 0 e. The summed E-state index contributed by atoms with van der Waals surface area (Å²) in [5, 5.41) is 0. The minimum absolute atomic E-state index is 0. The van der Waals surface area contributed by atoms with Gasteiger partial charge in [0, 0.05) is 29.3 Å². The third kappa shape index (κ3) is 6.02. The van der Waals surface area contributed by atoms with Gasteiger partial charge in [0.05, 0.1) is 25.3 Å². The molecule has 2 aliphatic heterocycles.